The molecule has 2 fully saturated rings. The van der Waals surface area contributed by atoms with Crippen LogP contribution in [0.5, 0.6) is 0 Å². The van der Waals surface area contributed by atoms with Crippen LogP contribution in [0.3, 0.4) is 0 Å². The number of ether oxygens (including phenoxy) is 1. The second kappa shape index (κ2) is 3.58. The van der Waals surface area contributed by atoms with Gasteiger partial charge in [0.05, 0.1) is 12.7 Å². The van der Waals surface area contributed by atoms with Crippen LogP contribution in [0.1, 0.15) is 33.1 Å². The summed E-state index contributed by atoms with van der Waals surface area (Å²) >= 11 is 0. The van der Waals surface area contributed by atoms with Crippen molar-refractivity contribution in [1.82, 2.24) is 4.90 Å². The van der Waals surface area contributed by atoms with E-state index in [0.717, 1.165) is 19.7 Å². The van der Waals surface area contributed by atoms with Crippen LogP contribution in [0.25, 0.3) is 0 Å². The van der Waals surface area contributed by atoms with Crippen LogP contribution in [-0.2, 0) is 4.74 Å². The third kappa shape index (κ3) is 2.23. The minimum Gasteiger partial charge on any atom is -0.376 e. The predicted molar refractivity (Wildman–Crippen MR) is 53.8 cm³/mol. The van der Waals surface area contributed by atoms with Crippen molar-refractivity contribution >= 4 is 0 Å². The van der Waals surface area contributed by atoms with Crippen molar-refractivity contribution in [2.24, 2.45) is 5.41 Å². The maximum absolute atomic E-state index is 5.53. The Morgan fingerprint density at radius 1 is 1.46 bits per heavy atom. The number of nitrogens with zero attached hydrogens (tertiary/aromatic N) is 1. The van der Waals surface area contributed by atoms with Crippen molar-refractivity contribution < 1.29 is 4.74 Å². The van der Waals surface area contributed by atoms with Gasteiger partial charge in [0, 0.05) is 19.6 Å². The molecule has 0 amide bonds. The van der Waals surface area contributed by atoms with E-state index in [0.29, 0.717) is 11.5 Å². The average Bonchev–Trinajstić information content (AvgIpc) is 2.86. The van der Waals surface area contributed by atoms with E-state index in [1.54, 1.807) is 0 Å². The van der Waals surface area contributed by atoms with Crippen LogP contribution >= 0.6 is 0 Å². The van der Waals surface area contributed by atoms with Crippen LogP contribution in [0.4, 0.5) is 0 Å². The van der Waals surface area contributed by atoms with E-state index in [9.17, 15) is 0 Å². The molecule has 0 unspecified atom stereocenters. The Balaban J connectivity index is 1.80. The summed E-state index contributed by atoms with van der Waals surface area (Å²) in [4.78, 5) is 2.59. The van der Waals surface area contributed by atoms with E-state index in [4.69, 9.17) is 4.74 Å². The van der Waals surface area contributed by atoms with Gasteiger partial charge in [0.2, 0.25) is 0 Å². The van der Waals surface area contributed by atoms with Gasteiger partial charge in [-0.1, -0.05) is 6.92 Å². The van der Waals surface area contributed by atoms with Crippen molar-refractivity contribution in [2.75, 3.05) is 26.2 Å². The topological polar surface area (TPSA) is 12.5 Å². The van der Waals surface area contributed by atoms with E-state index < -0.39 is 0 Å². The number of rotatable bonds is 3. The molecule has 2 heteroatoms. The lowest BCUT2D eigenvalue weighted by Gasteiger charge is -2.33. The van der Waals surface area contributed by atoms with Gasteiger partial charge in [-0.25, -0.2) is 0 Å². The Bertz CT molecular complexity index is 177. The molecule has 1 saturated heterocycles. The van der Waals surface area contributed by atoms with Crippen molar-refractivity contribution in [3.05, 3.63) is 0 Å². The lowest BCUT2D eigenvalue weighted by molar-refractivity contribution is -0.0248. The molecule has 0 bridgehead atoms. The zero-order valence-corrected chi connectivity index (χ0v) is 8.88. The zero-order chi connectivity index (χ0) is 9.31. The highest BCUT2D eigenvalue weighted by molar-refractivity contribution is 4.94. The molecular formula is C11H21NO. The SMILES string of the molecule is CCC1(CN2CCO[C@H](C)C2)CC1. The number of morpholine rings is 1. The van der Waals surface area contributed by atoms with Gasteiger partial charge in [-0.05, 0) is 31.6 Å². The Morgan fingerprint density at radius 2 is 2.23 bits per heavy atom. The molecule has 0 N–H and O–H groups in total. The molecule has 2 rings (SSSR count). The van der Waals surface area contributed by atoms with Crippen LogP contribution in [0, 0.1) is 5.41 Å². The molecule has 2 nitrogen and oxygen atoms in total. The number of hydrogen-bond donors (Lipinski definition) is 0. The highest BCUT2D eigenvalue weighted by atomic mass is 16.5. The molecule has 2 aliphatic rings. The summed E-state index contributed by atoms with van der Waals surface area (Å²) in [5.41, 5.74) is 0.705. The summed E-state index contributed by atoms with van der Waals surface area (Å²) in [6, 6.07) is 0. The third-order valence-corrected chi connectivity index (χ3v) is 3.59. The van der Waals surface area contributed by atoms with Crippen LogP contribution < -0.4 is 0 Å². The summed E-state index contributed by atoms with van der Waals surface area (Å²) in [5.74, 6) is 0. The molecule has 0 spiro atoms. The monoisotopic (exact) mass is 183 g/mol. The Morgan fingerprint density at radius 3 is 2.77 bits per heavy atom. The normalized spacial score (nSPS) is 33.2. The van der Waals surface area contributed by atoms with Gasteiger partial charge < -0.3 is 4.74 Å². The first-order valence-electron chi connectivity index (χ1n) is 5.58. The maximum atomic E-state index is 5.53. The minimum absolute atomic E-state index is 0.446. The largest absolute Gasteiger partial charge is 0.376 e. The molecule has 0 aromatic carbocycles. The van der Waals surface area contributed by atoms with Gasteiger partial charge >= 0.3 is 0 Å². The second-order valence-electron chi connectivity index (χ2n) is 4.77. The summed E-state index contributed by atoms with van der Waals surface area (Å²) in [5, 5.41) is 0. The zero-order valence-electron chi connectivity index (χ0n) is 8.88. The van der Waals surface area contributed by atoms with E-state index in [1.165, 1.54) is 25.8 Å². The quantitative estimate of drug-likeness (QED) is 0.662. The number of hydrogen-bond acceptors (Lipinski definition) is 2. The van der Waals surface area contributed by atoms with E-state index >= 15 is 0 Å². The van der Waals surface area contributed by atoms with Gasteiger partial charge in [0.25, 0.3) is 0 Å². The first-order chi connectivity index (χ1) is 6.24. The maximum Gasteiger partial charge on any atom is 0.0674 e. The minimum atomic E-state index is 0.446. The fourth-order valence-corrected chi connectivity index (χ4v) is 2.31. The van der Waals surface area contributed by atoms with Crippen molar-refractivity contribution in [2.45, 2.75) is 39.2 Å². The van der Waals surface area contributed by atoms with Crippen molar-refractivity contribution in [3.8, 4) is 0 Å². The molecule has 1 heterocycles. The highest BCUT2D eigenvalue weighted by Crippen LogP contribution is 2.49. The standard InChI is InChI=1S/C11H21NO/c1-3-11(4-5-11)9-12-6-7-13-10(2)8-12/h10H,3-9H2,1-2H3/t10-/m1/s1. The molecule has 0 aromatic rings. The molecule has 0 radical (unpaired) electrons. The average molecular weight is 183 g/mol. The molecule has 1 aliphatic carbocycles. The van der Waals surface area contributed by atoms with Crippen LogP contribution in [0.2, 0.25) is 0 Å². The van der Waals surface area contributed by atoms with Gasteiger partial charge in [-0.3, -0.25) is 4.90 Å². The molecular weight excluding hydrogens is 162 g/mol. The van der Waals surface area contributed by atoms with E-state index in [2.05, 4.69) is 18.7 Å². The lowest BCUT2D eigenvalue weighted by Crippen LogP contribution is -2.43. The Labute approximate surface area is 81.3 Å². The van der Waals surface area contributed by atoms with E-state index in [-0.39, 0.29) is 0 Å². The van der Waals surface area contributed by atoms with Gasteiger partial charge in [-0.2, -0.15) is 0 Å². The second-order valence-corrected chi connectivity index (χ2v) is 4.77. The smallest absolute Gasteiger partial charge is 0.0674 e. The van der Waals surface area contributed by atoms with Gasteiger partial charge in [-0.15, -0.1) is 0 Å². The van der Waals surface area contributed by atoms with Crippen molar-refractivity contribution in [1.29, 1.82) is 0 Å². The van der Waals surface area contributed by atoms with Crippen LogP contribution in [0.15, 0.2) is 0 Å². The molecule has 1 atom stereocenters. The molecule has 0 aromatic heterocycles. The Hall–Kier alpha value is -0.0800. The fourth-order valence-electron chi connectivity index (χ4n) is 2.31. The fraction of sp³-hybridized carbons (Fsp3) is 1.00. The lowest BCUT2D eigenvalue weighted by atomic mass is 10.0. The predicted octanol–water partition coefficient (Wildman–Crippen LogP) is 1.90. The van der Waals surface area contributed by atoms with Crippen molar-refractivity contribution in [3.63, 3.8) is 0 Å². The summed E-state index contributed by atoms with van der Waals surface area (Å²) in [7, 11) is 0. The molecule has 1 saturated carbocycles. The van der Waals surface area contributed by atoms with Gasteiger partial charge in [0.15, 0.2) is 0 Å². The molecule has 1 aliphatic heterocycles. The summed E-state index contributed by atoms with van der Waals surface area (Å²) < 4.78 is 5.53. The Kier molecular flexibility index (Phi) is 2.61. The molecule has 76 valence electrons. The summed E-state index contributed by atoms with van der Waals surface area (Å²) in [6.45, 7) is 9.04. The van der Waals surface area contributed by atoms with Gasteiger partial charge in [0.1, 0.15) is 0 Å². The summed E-state index contributed by atoms with van der Waals surface area (Å²) in [6.07, 6.45) is 4.71. The third-order valence-electron chi connectivity index (χ3n) is 3.59. The first kappa shape index (κ1) is 9.47. The van der Waals surface area contributed by atoms with Crippen LogP contribution in [-0.4, -0.2) is 37.2 Å². The first-order valence-corrected chi connectivity index (χ1v) is 5.58. The molecule has 13 heavy (non-hydrogen) atoms. The van der Waals surface area contributed by atoms with E-state index in [1.807, 2.05) is 0 Å². The highest BCUT2D eigenvalue weighted by Gasteiger charge is 2.42.